The van der Waals surface area contributed by atoms with E-state index in [1.54, 1.807) is 0 Å². The molecule has 0 aromatic heterocycles. The summed E-state index contributed by atoms with van der Waals surface area (Å²) in [6.07, 6.45) is 1.06. The molecule has 0 fully saturated rings. The summed E-state index contributed by atoms with van der Waals surface area (Å²) in [5.74, 6) is 0. The summed E-state index contributed by atoms with van der Waals surface area (Å²) in [5.41, 5.74) is 10.6. The lowest BCUT2D eigenvalue weighted by molar-refractivity contribution is 0.999. The van der Waals surface area contributed by atoms with E-state index in [1.807, 2.05) is 12.1 Å². The van der Waals surface area contributed by atoms with Crippen LogP contribution in [0.5, 0.6) is 0 Å². The molecule has 5 heteroatoms. The van der Waals surface area contributed by atoms with E-state index in [0.29, 0.717) is 0 Å². The summed E-state index contributed by atoms with van der Waals surface area (Å²) < 4.78 is 2.14. The number of nitrogens with zero attached hydrogens (tertiary/aromatic N) is 1. The highest BCUT2D eigenvalue weighted by atomic mass is 79.9. The number of hydrogen-bond acceptors (Lipinski definition) is 2. The Labute approximate surface area is 135 Å². The Kier molecular flexibility index (Phi) is 4.43. The molecule has 2 aromatic rings. The minimum absolute atomic E-state index is 0. The van der Waals surface area contributed by atoms with Crippen LogP contribution in [0.4, 0.5) is 17.1 Å². The first kappa shape index (κ1) is 14.7. The molecule has 1 heterocycles. The van der Waals surface area contributed by atoms with Gasteiger partial charge in [0.2, 0.25) is 0 Å². The van der Waals surface area contributed by atoms with Gasteiger partial charge >= 0.3 is 0 Å². The fraction of sp³-hybridized carbons (Fsp3) is 0.143. The minimum atomic E-state index is 0. The number of fused-ring (bicyclic) bond motifs is 1. The highest BCUT2D eigenvalue weighted by molar-refractivity contribution is 9.10. The molecule has 100 valence electrons. The van der Waals surface area contributed by atoms with Gasteiger partial charge in [-0.05, 0) is 48.4 Å². The van der Waals surface area contributed by atoms with Crippen LogP contribution in [0, 0.1) is 0 Å². The third-order valence-electron chi connectivity index (χ3n) is 3.22. The predicted molar refractivity (Wildman–Crippen MR) is 90.7 cm³/mol. The van der Waals surface area contributed by atoms with Gasteiger partial charge in [-0.2, -0.15) is 0 Å². The molecule has 0 amide bonds. The summed E-state index contributed by atoms with van der Waals surface area (Å²) >= 11 is 6.96. The SMILES string of the molecule is Cl.Nc1cc(Br)ccc1N1CCc2cc(Br)ccc21. The molecule has 0 saturated carbocycles. The van der Waals surface area contributed by atoms with Gasteiger partial charge in [0, 0.05) is 21.2 Å². The van der Waals surface area contributed by atoms with Crippen molar-refractivity contribution in [3.05, 3.63) is 50.9 Å². The van der Waals surface area contributed by atoms with Crippen LogP contribution in [-0.2, 0) is 6.42 Å². The average Bonchev–Trinajstić information content (AvgIpc) is 2.72. The topological polar surface area (TPSA) is 29.3 Å². The third-order valence-corrected chi connectivity index (χ3v) is 4.20. The summed E-state index contributed by atoms with van der Waals surface area (Å²) in [7, 11) is 0. The van der Waals surface area contributed by atoms with Gasteiger partial charge in [0.1, 0.15) is 0 Å². The Bertz CT molecular complexity index is 616. The zero-order valence-corrected chi connectivity index (χ0v) is 14.1. The number of anilines is 3. The summed E-state index contributed by atoms with van der Waals surface area (Å²) in [5, 5.41) is 0. The van der Waals surface area contributed by atoms with Crippen molar-refractivity contribution in [1.82, 2.24) is 0 Å². The Morgan fingerprint density at radius 2 is 1.58 bits per heavy atom. The first-order valence-electron chi connectivity index (χ1n) is 5.76. The number of hydrogen-bond donors (Lipinski definition) is 1. The van der Waals surface area contributed by atoms with Crippen LogP contribution in [0.2, 0.25) is 0 Å². The van der Waals surface area contributed by atoms with Crippen molar-refractivity contribution in [3.8, 4) is 0 Å². The molecule has 19 heavy (non-hydrogen) atoms. The number of rotatable bonds is 1. The quantitative estimate of drug-likeness (QED) is 0.685. The average molecular weight is 405 g/mol. The molecule has 0 aliphatic carbocycles. The number of nitrogen functional groups attached to an aromatic ring is 1. The van der Waals surface area contributed by atoms with Gasteiger partial charge in [-0.15, -0.1) is 12.4 Å². The molecule has 3 rings (SSSR count). The molecule has 0 spiro atoms. The van der Waals surface area contributed by atoms with Crippen molar-refractivity contribution in [3.63, 3.8) is 0 Å². The molecule has 0 unspecified atom stereocenters. The molecule has 2 aromatic carbocycles. The van der Waals surface area contributed by atoms with E-state index in [2.05, 4.69) is 61.0 Å². The standard InChI is InChI=1S/C14H12Br2N2.ClH/c15-10-1-3-13-9(7-10)5-6-18(13)14-4-2-11(16)8-12(14)17;/h1-4,7-8H,5-6,17H2;1H. The molecule has 2 nitrogen and oxygen atoms in total. The Hall–Kier alpha value is -0.710. The van der Waals surface area contributed by atoms with E-state index in [-0.39, 0.29) is 12.4 Å². The molecule has 0 bridgehead atoms. The smallest absolute Gasteiger partial charge is 0.0645 e. The normalized spacial score (nSPS) is 13.1. The number of halogens is 3. The molecule has 0 radical (unpaired) electrons. The minimum Gasteiger partial charge on any atom is -0.397 e. The van der Waals surface area contributed by atoms with E-state index < -0.39 is 0 Å². The zero-order valence-electron chi connectivity index (χ0n) is 10.1. The van der Waals surface area contributed by atoms with E-state index >= 15 is 0 Å². The van der Waals surface area contributed by atoms with Gasteiger partial charge in [-0.25, -0.2) is 0 Å². The van der Waals surface area contributed by atoms with Crippen molar-refractivity contribution in [2.24, 2.45) is 0 Å². The van der Waals surface area contributed by atoms with Gasteiger partial charge in [-0.1, -0.05) is 31.9 Å². The second-order valence-corrected chi connectivity index (χ2v) is 6.21. The maximum absolute atomic E-state index is 6.11. The first-order valence-corrected chi connectivity index (χ1v) is 7.35. The van der Waals surface area contributed by atoms with Gasteiger partial charge in [0.15, 0.2) is 0 Å². The Morgan fingerprint density at radius 3 is 2.26 bits per heavy atom. The predicted octanol–water partition coefficient (Wildman–Crippen LogP) is 4.91. The van der Waals surface area contributed by atoms with Crippen LogP contribution >= 0.6 is 44.3 Å². The molecular weight excluding hydrogens is 391 g/mol. The van der Waals surface area contributed by atoms with E-state index in [9.17, 15) is 0 Å². The molecule has 1 aliphatic heterocycles. The summed E-state index contributed by atoms with van der Waals surface area (Å²) in [6, 6.07) is 12.5. The molecule has 0 saturated heterocycles. The van der Waals surface area contributed by atoms with Crippen molar-refractivity contribution in [2.45, 2.75) is 6.42 Å². The maximum Gasteiger partial charge on any atom is 0.0645 e. The molecule has 0 atom stereocenters. The highest BCUT2D eigenvalue weighted by Gasteiger charge is 2.21. The Morgan fingerprint density at radius 1 is 0.947 bits per heavy atom. The van der Waals surface area contributed by atoms with E-state index in [1.165, 1.54) is 11.3 Å². The van der Waals surface area contributed by atoms with E-state index in [0.717, 1.165) is 33.3 Å². The van der Waals surface area contributed by atoms with Crippen molar-refractivity contribution in [1.29, 1.82) is 0 Å². The number of benzene rings is 2. The van der Waals surface area contributed by atoms with Gasteiger partial charge in [0.05, 0.1) is 11.4 Å². The lowest BCUT2D eigenvalue weighted by Gasteiger charge is -2.21. The van der Waals surface area contributed by atoms with Gasteiger partial charge < -0.3 is 10.6 Å². The third kappa shape index (κ3) is 2.76. The largest absolute Gasteiger partial charge is 0.397 e. The van der Waals surface area contributed by atoms with Crippen LogP contribution in [0.1, 0.15) is 5.56 Å². The van der Waals surface area contributed by atoms with Crippen molar-refractivity contribution >= 4 is 61.3 Å². The Balaban J connectivity index is 0.00000133. The lowest BCUT2D eigenvalue weighted by atomic mass is 10.2. The fourth-order valence-electron chi connectivity index (χ4n) is 2.39. The fourth-order valence-corrected chi connectivity index (χ4v) is 3.18. The maximum atomic E-state index is 6.11. The lowest BCUT2D eigenvalue weighted by Crippen LogP contribution is -2.14. The summed E-state index contributed by atoms with van der Waals surface area (Å²) in [6.45, 7) is 0.984. The number of nitrogens with two attached hydrogens (primary N) is 1. The van der Waals surface area contributed by atoms with Gasteiger partial charge in [-0.3, -0.25) is 0 Å². The van der Waals surface area contributed by atoms with Crippen LogP contribution in [0.3, 0.4) is 0 Å². The first-order chi connectivity index (χ1) is 8.65. The van der Waals surface area contributed by atoms with Crippen molar-refractivity contribution in [2.75, 3.05) is 17.2 Å². The highest BCUT2D eigenvalue weighted by Crippen LogP contribution is 2.39. The van der Waals surface area contributed by atoms with Crippen LogP contribution in [0.25, 0.3) is 0 Å². The van der Waals surface area contributed by atoms with E-state index in [4.69, 9.17) is 5.73 Å². The van der Waals surface area contributed by atoms with Crippen LogP contribution < -0.4 is 10.6 Å². The summed E-state index contributed by atoms with van der Waals surface area (Å²) in [4.78, 5) is 2.28. The second kappa shape index (κ2) is 5.73. The molecule has 1 aliphatic rings. The van der Waals surface area contributed by atoms with Crippen LogP contribution in [-0.4, -0.2) is 6.54 Å². The molecular formula is C14H13Br2ClN2. The zero-order chi connectivity index (χ0) is 12.7. The second-order valence-electron chi connectivity index (χ2n) is 4.38. The van der Waals surface area contributed by atoms with Gasteiger partial charge in [0.25, 0.3) is 0 Å². The van der Waals surface area contributed by atoms with Crippen molar-refractivity contribution < 1.29 is 0 Å². The monoisotopic (exact) mass is 402 g/mol. The van der Waals surface area contributed by atoms with Crippen LogP contribution in [0.15, 0.2) is 45.3 Å². The molecule has 2 N–H and O–H groups in total.